The molecule has 0 nitrogen and oxygen atoms in total. The number of fused-ring (bicyclic) bond motifs is 3. The van der Waals surface area contributed by atoms with Crippen molar-refractivity contribution >= 4 is 23.8 Å². The van der Waals surface area contributed by atoms with Crippen LogP contribution in [-0.2, 0) is 0 Å². The molecule has 4 rings (SSSR count). The Hall–Kier alpha value is -2.08. The summed E-state index contributed by atoms with van der Waals surface area (Å²) in [5.74, 6) is 0.551. The van der Waals surface area contributed by atoms with Crippen LogP contribution in [0.3, 0.4) is 0 Å². The summed E-state index contributed by atoms with van der Waals surface area (Å²) in [6.07, 6.45) is 8.27. The van der Waals surface area contributed by atoms with E-state index in [9.17, 15) is 0 Å². The number of hydrogen-bond acceptors (Lipinski definition) is 0. The lowest BCUT2D eigenvalue weighted by Gasteiger charge is -2.20. The van der Waals surface area contributed by atoms with Crippen LogP contribution < -0.4 is 20.9 Å². The smallest absolute Gasteiger partial charge is 0.00683 e. The van der Waals surface area contributed by atoms with Gasteiger partial charge >= 0.3 is 0 Å². The lowest BCUT2D eigenvalue weighted by Crippen LogP contribution is -2.37. The number of hydrogen-bond donors (Lipinski definition) is 0. The molecule has 0 aromatic heterocycles. The molecule has 0 aliphatic heterocycles. The van der Waals surface area contributed by atoms with Crippen molar-refractivity contribution in [1.29, 1.82) is 0 Å². The Kier molecular flexibility index (Phi) is 2.04. The van der Waals surface area contributed by atoms with Crippen LogP contribution in [0.2, 0.25) is 0 Å². The molecule has 0 heteroatoms. The molecular formula is C18H14. The topological polar surface area (TPSA) is 0 Å². The fourth-order valence-electron chi connectivity index (χ4n) is 3.04. The van der Waals surface area contributed by atoms with Crippen LogP contribution >= 0.6 is 0 Å². The van der Waals surface area contributed by atoms with Crippen molar-refractivity contribution in [3.63, 3.8) is 0 Å². The molecule has 1 atom stereocenters. The molecule has 0 radical (unpaired) electrons. The van der Waals surface area contributed by atoms with E-state index in [2.05, 4.69) is 66.8 Å². The average Bonchev–Trinajstić information content (AvgIpc) is 2.45. The van der Waals surface area contributed by atoms with Crippen LogP contribution in [0.1, 0.15) is 6.42 Å². The van der Waals surface area contributed by atoms with E-state index in [1.54, 1.807) is 0 Å². The van der Waals surface area contributed by atoms with Gasteiger partial charge in [0, 0.05) is 5.92 Å². The van der Waals surface area contributed by atoms with Gasteiger partial charge in [-0.05, 0) is 38.9 Å². The fourth-order valence-corrected chi connectivity index (χ4v) is 3.04. The van der Waals surface area contributed by atoms with E-state index < -0.39 is 0 Å². The summed E-state index contributed by atoms with van der Waals surface area (Å²) in [5, 5.41) is 5.51. The van der Waals surface area contributed by atoms with E-state index in [1.165, 1.54) is 26.4 Å². The van der Waals surface area contributed by atoms with Crippen LogP contribution in [-0.4, -0.2) is 0 Å². The lowest BCUT2D eigenvalue weighted by molar-refractivity contribution is 0.913. The van der Waals surface area contributed by atoms with Gasteiger partial charge in [-0.2, -0.15) is 0 Å². The molecule has 1 unspecified atom stereocenters. The van der Waals surface area contributed by atoms with E-state index in [0.29, 0.717) is 5.92 Å². The molecule has 2 aromatic carbocycles. The molecule has 0 bridgehead atoms. The van der Waals surface area contributed by atoms with Gasteiger partial charge in [0.05, 0.1) is 0 Å². The van der Waals surface area contributed by atoms with E-state index in [-0.39, 0.29) is 0 Å². The van der Waals surface area contributed by atoms with Crippen molar-refractivity contribution in [3.05, 3.63) is 69.4 Å². The fraction of sp³-hybridized carbons (Fsp3) is 0.111. The maximum atomic E-state index is 2.41. The highest BCUT2D eigenvalue weighted by Crippen LogP contribution is 2.22. The Morgan fingerprint density at radius 1 is 0.778 bits per heavy atom. The van der Waals surface area contributed by atoms with Gasteiger partial charge in [-0.3, -0.25) is 0 Å². The maximum Gasteiger partial charge on any atom is 0.00683 e. The molecule has 18 heavy (non-hydrogen) atoms. The molecule has 0 saturated carbocycles. The maximum absolute atomic E-state index is 2.41. The Bertz CT molecular complexity index is 853. The Labute approximate surface area is 106 Å². The molecule has 0 fully saturated rings. The quantitative estimate of drug-likeness (QED) is 0.631. The second-order valence-electron chi connectivity index (χ2n) is 5.03. The molecule has 2 aliphatic carbocycles. The SMILES string of the molecule is C1=c2ccccc2=CC2CC=c3ccccc3=C12. The molecule has 0 heterocycles. The molecule has 0 amide bonds. The van der Waals surface area contributed by atoms with Gasteiger partial charge in [-0.15, -0.1) is 0 Å². The van der Waals surface area contributed by atoms with Crippen molar-refractivity contribution in [2.45, 2.75) is 6.42 Å². The highest BCUT2D eigenvalue weighted by molar-refractivity contribution is 5.84. The van der Waals surface area contributed by atoms with E-state index >= 15 is 0 Å². The van der Waals surface area contributed by atoms with Gasteiger partial charge < -0.3 is 0 Å². The van der Waals surface area contributed by atoms with Crippen molar-refractivity contribution < 1.29 is 0 Å². The third-order valence-corrected chi connectivity index (χ3v) is 3.95. The summed E-state index contributed by atoms with van der Waals surface area (Å²) in [6.45, 7) is 0. The second kappa shape index (κ2) is 3.71. The minimum Gasteiger partial charge on any atom is -0.0757 e. The molecule has 0 saturated heterocycles. The molecule has 2 aromatic rings. The lowest BCUT2D eigenvalue weighted by atomic mass is 9.84. The highest BCUT2D eigenvalue weighted by atomic mass is 14.2. The minimum absolute atomic E-state index is 0.551. The molecule has 86 valence electrons. The summed E-state index contributed by atoms with van der Waals surface area (Å²) >= 11 is 0. The van der Waals surface area contributed by atoms with E-state index in [0.717, 1.165) is 6.42 Å². The standard InChI is InChI=1S/C18H14/c1-2-7-15-12-18-16(11-14(15)6-1)10-9-13-5-3-4-8-17(13)18/h1-9,11-12,16H,10H2. The first kappa shape index (κ1) is 9.90. The summed E-state index contributed by atoms with van der Waals surface area (Å²) < 4.78 is 0. The third kappa shape index (κ3) is 1.39. The van der Waals surface area contributed by atoms with Crippen molar-refractivity contribution in [2.24, 2.45) is 5.92 Å². The average molecular weight is 230 g/mol. The van der Waals surface area contributed by atoms with Crippen LogP contribution in [0.5, 0.6) is 0 Å². The van der Waals surface area contributed by atoms with Gasteiger partial charge in [-0.25, -0.2) is 0 Å². The van der Waals surface area contributed by atoms with Gasteiger partial charge in [0.1, 0.15) is 0 Å². The number of benzene rings is 2. The highest BCUT2D eigenvalue weighted by Gasteiger charge is 2.15. The Balaban J connectivity index is 2.17. The first-order valence-corrected chi connectivity index (χ1v) is 6.50. The zero-order valence-electron chi connectivity index (χ0n) is 10.1. The summed E-state index contributed by atoms with van der Waals surface area (Å²) in [7, 11) is 0. The second-order valence-corrected chi connectivity index (χ2v) is 5.03. The Morgan fingerprint density at radius 3 is 2.39 bits per heavy atom. The first-order chi connectivity index (χ1) is 8.92. The predicted octanol–water partition coefficient (Wildman–Crippen LogP) is 0.913. The zero-order valence-corrected chi connectivity index (χ0v) is 10.1. The normalized spacial score (nSPS) is 19.6. The van der Waals surface area contributed by atoms with Gasteiger partial charge in [0.2, 0.25) is 0 Å². The van der Waals surface area contributed by atoms with Gasteiger partial charge in [-0.1, -0.05) is 60.7 Å². The zero-order chi connectivity index (χ0) is 11.9. The van der Waals surface area contributed by atoms with Gasteiger partial charge in [0.15, 0.2) is 0 Å². The van der Waals surface area contributed by atoms with E-state index in [1.807, 2.05) is 0 Å². The first-order valence-electron chi connectivity index (χ1n) is 6.50. The number of rotatable bonds is 0. The van der Waals surface area contributed by atoms with Crippen molar-refractivity contribution in [1.82, 2.24) is 0 Å². The van der Waals surface area contributed by atoms with Crippen LogP contribution in [0.15, 0.2) is 48.5 Å². The largest absolute Gasteiger partial charge is 0.0757 e. The predicted molar refractivity (Wildman–Crippen MR) is 76.3 cm³/mol. The van der Waals surface area contributed by atoms with Crippen LogP contribution in [0.25, 0.3) is 23.8 Å². The Morgan fingerprint density at radius 2 is 1.50 bits per heavy atom. The van der Waals surface area contributed by atoms with Crippen molar-refractivity contribution in [3.8, 4) is 0 Å². The minimum atomic E-state index is 0.551. The molecule has 0 N–H and O–H groups in total. The van der Waals surface area contributed by atoms with Gasteiger partial charge in [0.25, 0.3) is 0 Å². The molecule has 0 spiro atoms. The summed E-state index contributed by atoms with van der Waals surface area (Å²) in [4.78, 5) is 0. The summed E-state index contributed by atoms with van der Waals surface area (Å²) in [5.41, 5.74) is 1.48. The van der Waals surface area contributed by atoms with E-state index in [4.69, 9.17) is 0 Å². The van der Waals surface area contributed by atoms with Crippen LogP contribution in [0, 0.1) is 5.92 Å². The van der Waals surface area contributed by atoms with Crippen LogP contribution in [0.4, 0.5) is 0 Å². The summed E-state index contributed by atoms with van der Waals surface area (Å²) in [6, 6.07) is 17.4. The van der Waals surface area contributed by atoms with Crippen molar-refractivity contribution in [2.75, 3.05) is 0 Å². The third-order valence-electron chi connectivity index (χ3n) is 3.95. The monoisotopic (exact) mass is 230 g/mol. The molecule has 2 aliphatic rings. The molecular weight excluding hydrogens is 216 g/mol.